The molecular formula is C13H8N2O5S2. The van der Waals surface area contributed by atoms with E-state index in [1.165, 1.54) is 24.3 Å². The zero-order valence-corrected chi connectivity index (χ0v) is 12.4. The Bertz CT molecular complexity index is 850. The fourth-order valence-corrected chi connectivity index (χ4v) is 4.11. The molecule has 9 heteroatoms. The molecule has 0 amide bonds. The van der Waals surface area contributed by atoms with Crippen molar-refractivity contribution in [2.45, 2.75) is 10.3 Å². The van der Waals surface area contributed by atoms with Crippen LogP contribution in [0.1, 0.15) is 10.4 Å². The molecule has 2 aromatic rings. The Hall–Kier alpha value is -2.39. The molecule has 7 nitrogen and oxygen atoms in total. The highest BCUT2D eigenvalue weighted by Crippen LogP contribution is 2.41. The van der Waals surface area contributed by atoms with Gasteiger partial charge in [-0.3, -0.25) is 19.7 Å². The molecule has 0 bridgehead atoms. The number of non-ortho nitro benzene ring substituents is 1. The second kappa shape index (κ2) is 5.43. The van der Waals surface area contributed by atoms with Crippen LogP contribution < -0.4 is 4.87 Å². The van der Waals surface area contributed by atoms with Crippen molar-refractivity contribution in [3.8, 4) is 0 Å². The number of carboxylic acids is 1. The highest BCUT2D eigenvalue weighted by molar-refractivity contribution is 8.01. The summed E-state index contributed by atoms with van der Waals surface area (Å²) in [5.74, 6) is -1.03. The minimum atomic E-state index is -1.03. The molecular weight excluding hydrogens is 328 g/mol. The number of rotatable bonds is 3. The van der Waals surface area contributed by atoms with Crippen LogP contribution >= 0.6 is 23.1 Å². The van der Waals surface area contributed by atoms with Gasteiger partial charge in [-0.1, -0.05) is 23.1 Å². The molecule has 1 aliphatic heterocycles. The minimum Gasteiger partial charge on any atom is -0.480 e. The average molecular weight is 336 g/mol. The van der Waals surface area contributed by atoms with Gasteiger partial charge in [0.2, 0.25) is 0 Å². The van der Waals surface area contributed by atoms with Gasteiger partial charge in [0.15, 0.2) is 0 Å². The molecule has 0 saturated heterocycles. The molecule has 1 aromatic heterocycles. The minimum absolute atomic E-state index is 0.0633. The first-order valence-electron chi connectivity index (χ1n) is 6.04. The summed E-state index contributed by atoms with van der Waals surface area (Å²) in [5, 5.41) is 19.7. The van der Waals surface area contributed by atoms with Crippen LogP contribution in [0.4, 0.5) is 5.69 Å². The molecule has 0 spiro atoms. The summed E-state index contributed by atoms with van der Waals surface area (Å²) in [4.78, 5) is 36.1. The summed E-state index contributed by atoms with van der Waals surface area (Å²) >= 11 is 2.05. The number of nitro benzene ring substituents is 1. The molecule has 0 aliphatic carbocycles. The van der Waals surface area contributed by atoms with Gasteiger partial charge in [0.25, 0.3) is 5.69 Å². The number of H-pyrrole nitrogens is 1. The number of aromatic nitrogens is 1. The quantitative estimate of drug-likeness (QED) is 0.657. The molecule has 0 radical (unpaired) electrons. The Morgan fingerprint density at radius 3 is 2.59 bits per heavy atom. The number of fused-ring (bicyclic) bond motifs is 1. The van der Waals surface area contributed by atoms with Crippen molar-refractivity contribution in [2.24, 2.45) is 0 Å². The van der Waals surface area contributed by atoms with E-state index in [2.05, 4.69) is 4.98 Å². The number of hydrogen-bond acceptors (Lipinski definition) is 6. The molecule has 2 heterocycles. The molecule has 2 N–H and O–H groups in total. The summed E-state index contributed by atoms with van der Waals surface area (Å²) in [6.45, 7) is 0. The van der Waals surface area contributed by atoms with Crippen LogP contribution in [0.25, 0.3) is 11.6 Å². The number of nitrogens with one attached hydrogen (secondary N) is 1. The van der Waals surface area contributed by atoms with Crippen LogP contribution in [0.5, 0.6) is 0 Å². The molecule has 112 valence electrons. The fourth-order valence-electron chi connectivity index (χ4n) is 2.10. The van der Waals surface area contributed by atoms with E-state index in [-0.39, 0.29) is 10.6 Å². The average Bonchev–Trinajstić information content (AvgIpc) is 2.85. The van der Waals surface area contributed by atoms with Gasteiger partial charge in [0.05, 0.1) is 14.8 Å². The van der Waals surface area contributed by atoms with Crippen molar-refractivity contribution in [3.63, 3.8) is 0 Å². The number of thiazole rings is 1. The number of nitro groups is 1. The highest BCUT2D eigenvalue weighted by Gasteiger charge is 2.31. The van der Waals surface area contributed by atoms with Crippen LogP contribution in [-0.4, -0.2) is 26.2 Å². The SMILES string of the molecule is O=C(O)[C@H]1Sc2[nH]c(=O)sc2C=C1c1ccc([N+](=O)[O-])cc1. The first-order chi connectivity index (χ1) is 10.5. The lowest BCUT2D eigenvalue weighted by atomic mass is 10.0. The van der Waals surface area contributed by atoms with E-state index in [9.17, 15) is 24.8 Å². The Balaban J connectivity index is 2.08. The number of aromatic amines is 1. The first-order valence-corrected chi connectivity index (χ1v) is 7.74. The molecule has 1 aromatic carbocycles. The third-order valence-corrected chi connectivity index (χ3v) is 5.29. The second-order valence-corrected chi connectivity index (χ2v) is 6.58. The molecule has 22 heavy (non-hydrogen) atoms. The summed E-state index contributed by atoms with van der Waals surface area (Å²) in [5.41, 5.74) is 1.03. The Kier molecular flexibility index (Phi) is 3.59. The van der Waals surface area contributed by atoms with Crippen LogP contribution in [-0.2, 0) is 4.79 Å². The van der Waals surface area contributed by atoms with Crippen molar-refractivity contribution in [1.29, 1.82) is 0 Å². The predicted octanol–water partition coefficient (Wildman–Crippen LogP) is 2.44. The van der Waals surface area contributed by atoms with Gasteiger partial charge in [-0.05, 0) is 29.3 Å². The van der Waals surface area contributed by atoms with Gasteiger partial charge < -0.3 is 10.1 Å². The molecule has 3 rings (SSSR count). The summed E-state index contributed by atoms with van der Waals surface area (Å²) in [6.07, 6.45) is 1.65. The monoisotopic (exact) mass is 336 g/mol. The maximum Gasteiger partial charge on any atom is 0.321 e. The smallest absolute Gasteiger partial charge is 0.321 e. The number of aliphatic carboxylic acids is 1. The van der Waals surface area contributed by atoms with Crippen LogP contribution in [0.15, 0.2) is 34.1 Å². The van der Waals surface area contributed by atoms with Gasteiger partial charge in [-0.2, -0.15) is 0 Å². The zero-order valence-electron chi connectivity index (χ0n) is 10.8. The standard InChI is InChI=1S/C13H8N2O5S2/c16-12(17)10-8(5-9-11(22-10)14-13(18)21-9)6-1-3-7(4-2-6)15(19)20/h1-5,10H,(H,14,18)(H,16,17)/t10-/m0/s1. The maximum atomic E-state index is 11.5. The largest absolute Gasteiger partial charge is 0.480 e. The molecule has 0 saturated carbocycles. The van der Waals surface area contributed by atoms with Crippen molar-refractivity contribution in [1.82, 2.24) is 4.98 Å². The predicted molar refractivity (Wildman–Crippen MR) is 83.2 cm³/mol. The van der Waals surface area contributed by atoms with E-state index in [1.807, 2.05) is 0 Å². The molecule has 0 fully saturated rings. The molecule has 1 atom stereocenters. The van der Waals surface area contributed by atoms with Crippen molar-refractivity contribution in [3.05, 3.63) is 54.5 Å². The van der Waals surface area contributed by atoms with Crippen LogP contribution in [0.3, 0.4) is 0 Å². The lowest BCUT2D eigenvalue weighted by Crippen LogP contribution is -2.20. The number of carbonyl (C=O) groups is 1. The zero-order chi connectivity index (χ0) is 15.9. The Labute approximate surface area is 131 Å². The normalized spacial score (nSPS) is 16.7. The van der Waals surface area contributed by atoms with Gasteiger partial charge in [0.1, 0.15) is 5.25 Å². The summed E-state index contributed by atoms with van der Waals surface area (Å²) in [7, 11) is 0. The van der Waals surface area contributed by atoms with E-state index in [0.717, 1.165) is 23.1 Å². The Morgan fingerprint density at radius 1 is 1.32 bits per heavy atom. The van der Waals surface area contributed by atoms with E-state index >= 15 is 0 Å². The molecule has 1 aliphatic rings. The number of hydrogen-bond donors (Lipinski definition) is 2. The van der Waals surface area contributed by atoms with Crippen molar-refractivity contribution < 1.29 is 14.8 Å². The van der Waals surface area contributed by atoms with E-state index < -0.39 is 16.1 Å². The van der Waals surface area contributed by atoms with E-state index in [1.54, 1.807) is 6.08 Å². The van der Waals surface area contributed by atoms with Crippen molar-refractivity contribution >= 4 is 46.4 Å². The van der Waals surface area contributed by atoms with Crippen LogP contribution in [0, 0.1) is 10.1 Å². The topological polar surface area (TPSA) is 113 Å². The number of nitrogens with zero attached hydrogens (tertiary/aromatic N) is 1. The van der Waals surface area contributed by atoms with Gasteiger partial charge in [0, 0.05) is 12.1 Å². The van der Waals surface area contributed by atoms with E-state index in [4.69, 9.17) is 0 Å². The lowest BCUT2D eigenvalue weighted by molar-refractivity contribution is -0.384. The van der Waals surface area contributed by atoms with Gasteiger partial charge >= 0.3 is 10.8 Å². The van der Waals surface area contributed by atoms with Crippen molar-refractivity contribution in [2.75, 3.05) is 0 Å². The molecule has 0 unspecified atom stereocenters. The number of benzene rings is 1. The van der Waals surface area contributed by atoms with Gasteiger partial charge in [-0.15, -0.1) is 0 Å². The fraction of sp³-hybridized carbons (Fsp3) is 0.0769. The number of thioether (sulfide) groups is 1. The third kappa shape index (κ3) is 2.55. The number of carboxylic acid groups (broad SMARTS) is 1. The second-order valence-electron chi connectivity index (χ2n) is 4.45. The maximum absolute atomic E-state index is 11.5. The third-order valence-electron chi connectivity index (χ3n) is 3.08. The van der Waals surface area contributed by atoms with E-state index in [0.29, 0.717) is 21.0 Å². The summed E-state index contributed by atoms with van der Waals surface area (Å²) in [6, 6.07) is 5.69. The summed E-state index contributed by atoms with van der Waals surface area (Å²) < 4.78 is 0. The Morgan fingerprint density at radius 2 is 2.00 bits per heavy atom. The van der Waals surface area contributed by atoms with Gasteiger partial charge in [-0.25, -0.2) is 0 Å². The first kappa shape index (κ1) is 14.5. The highest BCUT2D eigenvalue weighted by atomic mass is 32.2. The lowest BCUT2D eigenvalue weighted by Gasteiger charge is -2.20. The van der Waals surface area contributed by atoms with Crippen LogP contribution in [0.2, 0.25) is 0 Å².